The number of carbonyl (C=O) groups is 3. The number of alkyl carbamates (subject to hydrolysis) is 1. The number of carbonyl (C=O) groups excluding carboxylic acids is 2. The molecule has 1 heterocycles. The van der Waals surface area contributed by atoms with E-state index in [-0.39, 0.29) is 48.8 Å². The molecule has 0 aliphatic heterocycles. The van der Waals surface area contributed by atoms with Gasteiger partial charge in [-0.2, -0.15) is 0 Å². The highest BCUT2D eigenvalue weighted by atomic mass is 16.5. The summed E-state index contributed by atoms with van der Waals surface area (Å²) in [6.07, 6.45) is -0.554. The van der Waals surface area contributed by atoms with E-state index in [0.29, 0.717) is 0 Å². The number of ether oxygens (including phenoxy) is 1. The van der Waals surface area contributed by atoms with Crippen molar-refractivity contribution < 1.29 is 28.8 Å². The van der Waals surface area contributed by atoms with E-state index in [4.69, 9.17) is 14.4 Å². The molecule has 1 aliphatic rings. The summed E-state index contributed by atoms with van der Waals surface area (Å²) in [6, 6.07) is 17.0. The average molecular weight is 478 g/mol. The Kier molecular flexibility index (Phi) is 7.14. The summed E-state index contributed by atoms with van der Waals surface area (Å²) in [5.41, 5.74) is 4.32. The maximum Gasteiger partial charge on any atom is 0.407 e. The first-order chi connectivity index (χ1) is 16.8. The van der Waals surface area contributed by atoms with Gasteiger partial charge in [-0.1, -0.05) is 67.5 Å². The lowest BCUT2D eigenvalue weighted by Crippen LogP contribution is -2.42. The molecule has 35 heavy (non-hydrogen) atoms. The van der Waals surface area contributed by atoms with Crippen molar-refractivity contribution >= 4 is 18.0 Å². The lowest BCUT2D eigenvalue weighted by atomic mass is 9.98. The lowest BCUT2D eigenvalue weighted by molar-refractivity contribution is -0.122. The molecule has 0 fully saturated rings. The fourth-order valence-electron chi connectivity index (χ4n) is 4.20. The van der Waals surface area contributed by atoms with E-state index in [1.54, 1.807) is 0 Å². The largest absolute Gasteiger partial charge is 0.476 e. The number of fused-ring (bicyclic) bond motifs is 3. The van der Waals surface area contributed by atoms with Gasteiger partial charge in [0.25, 0.3) is 0 Å². The third kappa shape index (κ3) is 5.51. The van der Waals surface area contributed by atoms with Crippen LogP contribution in [0.4, 0.5) is 4.79 Å². The van der Waals surface area contributed by atoms with E-state index >= 15 is 0 Å². The van der Waals surface area contributed by atoms with Crippen LogP contribution in [0.2, 0.25) is 0 Å². The zero-order valence-corrected chi connectivity index (χ0v) is 19.5. The SMILES string of the molecule is CC(C)[C@H](CC(=O)NCc1cc(C(=O)O)no1)NC(=O)OCC1c2ccccc2-c2ccccc21. The summed E-state index contributed by atoms with van der Waals surface area (Å²) in [6.45, 7) is 3.98. The summed E-state index contributed by atoms with van der Waals surface area (Å²) in [5.74, 6) is -1.38. The molecule has 0 radical (unpaired) electrons. The van der Waals surface area contributed by atoms with Crippen molar-refractivity contribution in [3.8, 4) is 11.1 Å². The van der Waals surface area contributed by atoms with Gasteiger partial charge in [0, 0.05) is 24.4 Å². The van der Waals surface area contributed by atoms with E-state index in [1.165, 1.54) is 6.07 Å². The molecule has 4 rings (SSSR count). The van der Waals surface area contributed by atoms with Crippen LogP contribution in [0.1, 0.15) is 53.6 Å². The first kappa shape index (κ1) is 24.0. The Bertz CT molecular complexity index is 1190. The molecule has 1 aromatic heterocycles. The molecule has 9 heteroatoms. The number of carboxylic acid groups (broad SMARTS) is 1. The summed E-state index contributed by atoms with van der Waals surface area (Å²) < 4.78 is 10.5. The predicted octanol–water partition coefficient (Wildman–Crippen LogP) is 3.94. The number of aromatic nitrogens is 1. The van der Waals surface area contributed by atoms with Gasteiger partial charge in [-0.25, -0.2) is 9.59 Å². The second kappa shape index (κ2) is 10.4. The van der Waals surface area contributed by atoms with Crippen LogP contribution in [0.25, 0.3) is 11.1 Å². The number of aromatic carboxylic acids is 1. The van der Waals surface area contributed by atoms with Gasteiger partial charge in [-0.15, -0.1) is 0 Å². The Morgan fingerprint density at radius 1 is 1.06 bits per heavy atom. The van der Waals surface area contributed by atoms with Crippen LogP contribution in [-0.2, 0) is 16.1 Å². The number of rotatable bonds is 9. The molecule has 0 bridgehead atoms. The van der Waals surface area contributed by atoms with E-state index in [2.05, 4.69) is 40.1 Å². The predicted molar refractivity (Wildman–Crippen MR) is 127 cm³/mol. The van der Waals surface area contributed by atoms with Crippen molar-refractivity contribution in [2.45, 2.75) is 38.8 Å². The number of nitrogens with zero attached hydrogens (tertiary/aromatic N) is 1. The van der Waals surface area contributed by atoms with Gasteiger partial charge in [0.1, 0.15) is 6.61 Å². The molecular formula is C26H27N3O6. The summed E-state index contributed by atoms with van der Waals surface area (Å²) >= 11 is 0. The Labute approximate surface area is 202 Å². The van der Waals surface area contributed by atoms with Crippen molar-refractivity contribution in [2.24, 2.45) is 5.92 Å². The van der Waals surface area contributed by atoms with E-state index in [1.807, 2.05) is 38.1 Å². The molecule has 0 spiro atoms. The van der Waals surface area contributed by atoms with Crippen LogP contribution in [0.5, 0.6) is 0 Å². The topological polar surface area (TPSA) is 131 Å². The number of amides is 2. The highest BCUT2D eigenvalue weighted by molar-refractivity contribution is 5.85. The van der Waals surface area contributed by atoms with Gasteiger partial charge in [-0.3, -0.25) is 4.79 Å². The van der Waals surface area contributed by atoms with Crippen molar-refractivity contribution in [1.82, 2.24) is 15.8 Å². The molecule has 3 aromatic rings. The van der Waals surface area contributed by atoms with Crippen LogP contribution in [-0.4, -0.2) is 40.9 Å². The maximum absolute atomic E-state index is 12.6. The first-order valence-electron chi connectivity index (χ1n) is 11.4. The Balaban J connectivity index is 1.31. The zero-order chi connectivity index (χ0) is 24.9. The number of hydrogen-bond donors (Lipinski definition) is 3. The molecule has 0 saturated heterocycles. The monoisotopic (exact) mass is 477 g/mol. The molecule has 1 aliphatic carbocycles. The van der Waals surface area contributed by atoms with E-state index in [0.717, 1.165) is 22.3 Å². The third-order valence-corrected chi connectivity index (χ3v) is 6.09. The molecule has 0 saturated carbocycles. The summed E-state index contributed by atoms with van der Waals surface area (Å²) in [7, 11) is 0. The fraction of sp³-hybridized carbons (Fsp3) is 0.308. The van der Waals surface area contributed by atoms with Crippen LogP contribution in [0, 0.1) is 5.92 Å². The second-order valence-electron chi connectivity index (χ2n) is 8.78. The van der Waals surface area contributed by atoms with Crippen molar-refractivity contribution in [2.75, 3.05) is 6.61 Å². The quantitative estimate of drug-likeness (QED) is 0.425. The Morgan fingerprint density at radius 3 is 2.26 bits per heavy atom. The van der Waals surface area contributed by atoms with Gasteiger partial charge in [0.05, 0.1) is 6.54 Å². The van der Waals surface area contributed by atoms with Gasteiger partial charge in [0.2, 0.25) is 5.91 Å². The molecule has 3 N–H and O–H groups in total. The number of hydrogen-bond acceptors (Lipinski definition) is 6. The molecular weight excluding hydrogens is 450 g/mol. The molecule has 9 nitrogen and oxygen atoms in total. The van der Waals surface area contributed by atoms with E-state index in [9.17, 15) is 14.4 Å². The Hall–Kier alpha value is -4.14. The van der Waals surface area contributed by atoms with Crippen molar-refractivity contribution in [3.05, 3.63) is 77.2 Å². The highest BCUT2D eigenvalue weighted by Crippen LogP contribution is 2.44. The number of benzene rings is 2. The van der Waals surface area contributed by atoms with Crippen LogP contribution >= 0.6 is 0 Å². The maximum atomic E-state index is 12.6. The van der Waals surface area contributed by atoms with E-state index < -0.39 is 18.1 Å². The minimum atomic E-state index is -1.21. The summed E-state index contributed by atoms with van der Waals surface area (Å²) in [5, 5.41) is 17.7. The number of carboxylic acids is 1. The third-order valence-electron chi connectivity index (χ3n) is 6.09. The van der Waals surface area contributed by atoms with Gasteiger partial charge in [-0.05, 0) is 28.2 Å². The zero-order valence-electron chi connectivity index (χ0n) is 19.5. The number of nitrogens with one attached hydrogen (secondary N) is 2. The first-order valence-corrected chi connectivity index (χ1v) is 11.4. The van der Waals surface area contributed by atoms with Crippen LogP contribution in [0.15, 0.2) is 59.1 Å². The minimum Gasteiger partial charge on any atom is -0.476 e. The highest BCUT2D eigenvalue weighted by Gasteiger charge is 2.29. The smallest absolute Gasteiger partial charge is 0.407 e. The lowest BCUT2D eigenvalue weighted by Gasteiger charge is -2.22. The second-order valence-corrected chi connectivity index (χ2v) is 8.78. The summed E-state index contributed by atoms with van der Waals surface area (Å²) in [4.78, 5) is 35.9. The van der Waals surface area contributed by atoms with Gasteiger partial charge >= 0.3 is 12.1 Å². The molecule has 0 unspecified atom stereocenters. The van der Waals surface area contributed by atoms with Gasteiger partial charge in [0.15, 0.2) is 11.5 Å². The van der Waals surface area contributed by atoms with Crippen molar-refractivity contribution in [1.29, 1.82) is 0 Å². The minimum absolute atomic E-state index is 0.00509. The Morgan fingerprint density at radius 2 is 1.69 bits per heavy atom. The molecule has 1 atom stereocenters. The molecule has 2 aromatic carbocycles. The molecule has 2 amide bonds. The molecule has 182 valence electrons. The van der Waals surface area contributed by atoms with Crippen molar-refractivity contribution in [3.63, 3.8) is 0 Å². The van der Waals surface area contributed by atoms with Crippen LogP contribution < -0.4 is 10.6 Å². The normalized spacial score (nSPS) is 13.1. The van der Waals surface area contributed by atoms with Gasteiger partial charge < -0.3 is 25.0 Å². The average Bonchev–Trinajstić information content (AvgIpc) is 3.44. The fourth-order valence-corrected chi connectivity index (χ4v) is 4.20. The standard InChI is InChI=1S/C26H27N3O6/c1-15(2)22(12-24(30)27-13-16-11-23(25(31)32)29-35-16)28-26(33)34-14-21-19-9-5-3-7-17(19)18-8-4-6-10-20(18)21/h3-11,15,21-22H,12-14H2,1-2H3,(H,27,30)(H,28,33)(H,31,32)/t22-/m0/s1. The van der Waals surface area contributed by atoms with Crippen LogP contribution in [0.3, 0.4) is 0 Å².